The first-order chi connectivity index (χ1) is 25.0. The number of hydrogen-bond acceptors (Lipinski definition) is 10. The Hall–Kier alpha value is -6.51. The lowest BCUT2D eigenvalue weighted by molar-refractivity contribution is -0.137. The molecule has 4 heterocycles. The smallest absolute Gasteiger partial charge is 0.264 e. The fourth-order valence-electron chi connectivity index (χ4n) is 6.51. The van der Waals surface area contributed by atoms with Crippen LogP contribution in [0.4, 0.5) is 5.69 Å². The summed E-state index contributed by atoms with van der Waals surface area (Å²) in [6.45, 7) is 2.33. The lowest BCUT2D eigenvalue weighted by atomic mass is 10.0. The Morgan fingerprint density at radius 2 is 1.19 bits per heavy atom. The van der Waals surface area contributed by atoms with Crippen LogP contribution in [0.25, 0.3) is 0 Å². The fraction of sp³-hybridized carbons (Fsp3) is 0.270. The Labute approximate surface area is 297 Å². The second-order valence-electron chi connectivity index (χ2n) is 12.4. The number of amides is 9. The number of imide groups is 4. The Balaban J connectivity index is 0.000000179. The van der Waals surface area contributed by atoms with E-state index in [-0.39, 0.29) is 60.4 Å². The van der Waals surface area contributed by atoms with Crippen molar-refractivity contribution in [3.05, 3.63) is 100 Å². The molecule has 0 aromatic heterocycles. The maximum Gasteiger partial charge on any atom is 0.264 e. The highest BCUT2D eigenvalue weighted by Gasteiger charge is 2.47. The molecular formula is C37H34N6O9. The Morgan fingerprint density at radius 3 is 1.75 bits per heavy atom. The fourth-order valence-corrected chi connectivity index (χ4v) is 6.51. The average Bonchev–Trinajstić information content (AvgIpc) is 3.55. The van der Waals surface area contributed by atoms with Crippen LogP contribution in [0, 0.1) is 0 Å². The van der Waals surface area contributed by atoms with Crippen molar-refractivity contribution >= 4 is 58.9 Å². The first-order valence-corrected chi connectivity index (χ1v) is 16.7. The molecule has 4 N–H and O–H groups in total. The minimum absolute atomic E-state index is 0.0726. The zero-order chi connectivity index (χ0) is 37.1. The van der Waals surface area contributed by atoms with Crippen LogP contribution >= 0.6 is 0 Å². The third-order valence-electron chi connectivity index (χ3n) is 9.15. The van der Waals surface area contributed by atoms with Crippen molar-refractivity contribution in [3.63, 3.8) is 0 Å². The quantitative estimate of drug-likeness (QED) is 0.250. The number of anilines is 1. The topological polar surface area (TPSA) is 208 Å². The summed E-state index contributed by atoms with van der Waals surface area (Å²) >= 11 is 0. The predicted octanol–water partition coefficient (Wildman–Crippen LogP) is 1.81. The molecule has 52 heavy (non-hydrogen) atoms. The van der Waals surface area contributed by atoms with Gasteiger partial charge in [0.1, 0.15) is 12.1 Å². The van der Waals surface area contributed by atoms with Gasteiger partial charge in [-0.2, -0.15) is 0 Å². The van der Waals surface area contributed by atoms with Crippen LogP contribution in [-0.2, 0) is 37.1 Å². The van der Waals surface area contributed by atoms with Crippen molar-refractivity contribution in [2.75, 3.05) is 5.32 Å². The second kappa shape index (κ2) is 14.8. The SMILES string of the molecule is CCC(=O)NCc1cccc2c1C(=O)N(C1CCC(=O)NC1=O)C2=O.O=C1CCC(N2C(=O)c3cccc(NCc4ccccc4)c3C2=O)C(=O)N1. The molecule has 0 spiro atoms. The van der Waals surface area contributed by atoms with E-state index in [1.54, 1.807) is 37.3 Å². The molecule has 0 saturated carbocycles. The largest absolute Gasteiger partial charge is 0.380 e. The van der Waals surface area contributed by atoms with E-state index in [1.165, 1.54) is 6.07 Å². The lowest BCUT2D eigenvalue weighted by Crippen LogP contribution is -2.54. The summed E-state index contributed by atoms with van der Waals surface area (Å²) in [5.41, 5.74) is 3.04. The summed E-state index contributed by atoms with van der Waals surface area (Å²) in [6.07, 6.45) is 0.734. The van der Waals surface area contributed by atoms with Crippen molar-refractivity contribution in [1.82, 2.24) is 25.8 Å². The van der Waals surface area contributed by atoms with Crippen LogP contribution in [-0.4, -0.2) is 75.0 Å². The number of nitrogens with one attached hydrogen (secondary N) is 4. The molecule has 15 nitrogen and oxygen atoms in total. The van der Waals surface area contributed by atoms with Crippen LogP contribution in [0.2, 0.25) is 0 Å². The van der Waals surface area contributed by atoms with Crippen LogP contribution in [0.15, 0.2) is 66.7 Å². The van der Waals surface area contributed by atoms with Gasteiger partial charge < -0.3 is 10.6 Å². The number of piperidine rings is 2. The number of carbonyl (C=O) groups is 9. The lowest BCUT2D eigenvalue weighted by Gasteiger charge is -2.27. The van der Waals surface area contributed by atoms with E-state index in [4.69, 9.17) is 0 Å². The highest BCUT2D eigenvalue weighted by atomic mass is 16.2. The molecule has 2 atom stereocenters. The van der Waals surface area contributed by atoms with Crippen LogP contribution in [0.1, 0.15) is 91.6 Å². The van der Waals surface area contributed by atoms with Crippen molar-refractivity contribution in [1.29, 1.82) is 0 Å². The highest BCUT2D eigenvalue weighted by Crippen LogP contribution is 2.33. The molecule has 7 rings (SSSR count). The highest BCUT2D eigenvalue weighted by molar-refractivity contribution is 6.26. The monoisotopic (exact) mass is 706 g/mol. The number of nitrogens with zero attached hydrogens (tertiary/aromatic N) is 2. The summed E-state index contributed by atoms with van der Waals surface area (Å²) in [5.74, 6) is -4.39. The summed E-state index contributed by atoms with van der Waals surface area (Å²) in [4.78, 5) is 111. The standard InChI is InChI=1S/C20H17N3O4.C17H17N3O5/c24-16-10-9-15(18(25)22-16)23-19(26)13-7-4-8-14(17(13)20(23)27)21-11-12-5-2-1-3-6-12;1-2-12(21)18-8-9-4-3-5-10-14(9)17(25)20(16(10)24)11-6-7-13(22)19-15(11)23/h1-8,15,21H,9-11H2,(H,22,24,25);3-5,11H,2,6-8H2,1H3,(H,18,21)(H,19,22,23). The zero-order valence-electron chi connectivity index (χ0n) is 28.0. The van der Waals surface area contributed by atoms with Crippen molar-refractivity contribution in [3.8, 4) is 0 Å². The van der Waals surface area contributed by atoms with Gasteiger partial charge in [-0.25, -0.2) is 0 Å². The summed E-state index contributed by atoms with van der Waals surface area (Å²) in [6, 6.07) is 17.5. The molecule has 3 aromatic rings. The van der Waals surface area contributed by atoms with Gasteiger partial charge in [-0.15, -0.1) is 0 Å². The first kappa shape index (κ1) is 35.3. The van der Waals surface area contributed by atoms with E-state index < -0.39 is 59.3 Å². The van der Waals surface area contributed by atoms with Gasteiger partial charge in [-0.3, -0.25) is 63.6 Å². The molecule has 0 bridgehead atoms. The van der Waals surface area contributed by atoms with E-state index in [0.29, 0.717) is 24.2 Å². The molecule has 0 aliphatic carbocycles. The van der Waals surface area contributed by atoms with Crippen molar-refractivity contribution in [2.45, 2.75) is 64.2 Å². The van der Waals surface area contributed by atoms with Crippen LogP contribution < -0.4 is 21.3 Å². The zero-order valence-corrected chi connectivity index (χ0v) is 28.0. The number of rotatable bonds is 8. The number of benzene rings is 3. The Bertz CT molecular complexity index is 2050. The van der Waals surface area contributed by atoms with Gasteiger partial charge in [0.15, 0.2) is 0 Å². The maximum absolute atomic E-state index is 13.0. The normalized spacial score (nSPS) is 19.4. The van der Waals surface area contributed by atoms with E-state index in [0.717, 1.165) is 15.4 Å². The minimum Gasteiger partial charge on any atom is -0.380 e. The molecule has 4 aliphatic rings. The minimum atomic E-state index is -0.997. The van der Waals surface area contributed by atoms with Crippen molar-refractivity contribution in [2.24, 2.45) is 0 Å². The molecule has 266 valence electrons. The van der Waals surface area contributed by atoms with Crippen LogP contribution in [0.3, 0.4) is 0 Å². The molecule has 2 unspecified atom stereocenters. The third kappa shape index (κ3) is 6.80. The number of hydrogen-bond donors (Lipinski definition) is 4. The summed E-state index contributed by atoms with van der Waals surface area (Å²) in [7, 11) is 0. The Morgan fingerprint density at radius 1 is 0.654 bits per heavy atom. The molecule has 3 aromatic carbocycles. The second-order valence-corrected chi connectivity index (χ2v) is 12.4. The molecule has 15 heteroatoms. The van der Waals surface area contributed by atoms with Gasteiger partial charge in [0.25, 0.3) is 23.6 Å². The maximum atomic E-state index is 13.0. The van der Waals surface area contributed by atoms with E-state index >= 15 is 0 Å². The summed E-state index contributed by atoms with van der Waals surface area (Å²) in [5, 5.41) is 10.2. The van der Waals surface area contributed by atoms with Crippen LogP contribution in [0.5, 0.6) is 0 Å². The Kier molecular flexibility index (Phi) is 10.0. The average molecular weight is 707 g/mol. The first-order valence-electron chi connectivity index (χ1n) is 16.7. The van der Waals surface area contributed by atoms with Gasteiger partial charge >= 0.3 is 0 Å². The van der Waals surface area contributed by atoms with Crippen molar-refractivity contribution < 1.29 is 43.2 Å². The van der Waals surface area contributed by atoms with E-state index in [9.17, 15) is 43.2 Å². The predicted molar refractivity (Wildman–Crippen MR) is 182 cm³/mol. The van der Waals surface area contributed by atoms with Gasteiger partial charge in [0.2, 0.25) is 29.5 Å². The molecule has 2 saturated heterocycles. The van der Waals surface area contributed by atoms with E-state index in [2.05, 4.69) is 21.3 Å². The summed E-state index contributed by atoms with van der Waals surface area (Å²) < 4.78 is 0. The molecule has 2 fully saturated rings. The van der Waals surface area contributed by atoms with Gasteiger partial charge in [-0.1, -0.05) is 55.5 Å². The molecule has 4 aliphatic heterocycles. The number of carbonyl (C=O) groups excluding carboxylic acids is 9. The third-order valence-corrected chi connectivity index (χ3v) is 9.15. The number of fused-ring (bicyclic) bond motifs is 2. The van der Waals surface area contributed by atoms with Gasteiger partial charge in [-0.05, 0) is 42.2 Å². The molecule has 0 radical (unpaired) electrons. The van der Waals surface area contributed by atoms with Gasteiger partial charge in [0, 0.05) is 38.0 Å². The molecular weight excluding hydrogens is 672 g/mol. The van der Waals surface area contributed by atoms with E-state index in [1.807, 2.05) is 30.3 Å². The van der Waals surface area contributed by atoms with Gasteiger partial charge in [0.05, 0.1) is 22.3 Å². The molecule has 9 amide bonds.